The minimum Gasteiger partial charge on any atom is -0.484 e. The molecule has 1 saturated heterocycles. The van der Waals surface area contributed by atoms with Crippen molar-refractivity contribution >= 4 is 17.3 Å². The third kappa shape index (κ3) is 4.23. The fraction of sp³-hybridized carbons (Fsp3) is 0.278. The Labute approximate surface area is 140 Å². The van der Waals surface area contributed by atoms with Crippen LogP contribution in [-0.4, -0.2) is 38.8 Å². The van der Waals surface area contributed by atoms with Crippen LogP contribution in [0, 0.1) is 5.82 Å². The van der Waals surface area contributed by atoms with Crippen LogP contribution in [0.25, 0.3) is 0 Å². The van der Waals surface area contributed by atoms with Gasteiger partial charge in [-0.25, -0.2) is 4.39 Å². The first kappa shape index (κ1) is 16.3. The summed E-state index contributed by atoms with van der Waals surface area (Å²) in [7, 11) is 0. The van der Waals surface area contributed by atoms with Crippen molar-refractivity contribution < 1.29 is 18.7 Å². The molecule has 0 aromatic heterocycles. The van der Waals surface area contributed by atoms with Crippen LogP contribution in [0.3, 0.4) is 0 Å². The van der Waals surface area contributed by atoms with Gasteiger partial charge in [-0.1, -0.05) is 18.2 Å². The molecule has 1 fully saturated rings. The van der Waals surface area contributed by atoms with Gasteiger partial charge in [-0.05, 0) is 24.3 Å². The summed E-state index contributed by atoms with van der Waals surface area (Å²) in [5, 5.41) is 2.85. The Balaban J connectivity index is 1.62. The zero-order valence-electron chi connectivity index (χ0n) is 13.2. The molecule has 1 amide bonds. The molecule has 0 atom stereocenters. The molecule has 24 heavy (non-hydrogen) atoms. The molecule has 1 heterocycles. The first-order valence-corrected chi connectivity index (χ1v) is 7.82. The largest absolute Gasteiger partial charge is 0.484 e. The van der Waals surface area contributed by atoms with E-state index in [1.165, 1.54) is 18.2 Å². The standard InChI is InChI=1S/C18H19FN2O3/c19-14-4-3-5-15(12-14)24-13-18(22)20-16-6-1-2-7-17(16)21-8-10-23-11-9-21/h1-7,12H,8-11,13H2,(H,20,22). The smallest absolute Gasteiger partial charge is 0.262 e. The maximum atomic E-state index is 13.1. The number of rotatable bonds is 5. The Hall–Kier alpha value is -2.60. The fourth-order valence-corrected chi connectivity index (χ4v) is 2.55. The van der Waals surface area contributed by atoms with E-state index in [2.05, 4.69) is 10.2 Å². The van der Waals surface area contributed by atoms with Crippen LogP contribution >= 0.6 is 0 Å². The van der Waals surface area contributed by atoms with E-state index in [1.54, 1.807) is 6.07 Å². The zero-order valence-corrected chi connectivity index (χ0v) is 13.2. The predicted molar refractivity (Wildman–Crippen MR) is 90.0 cm³/mol. The van der Waals surface area contributed by atoms with Gasteiger partial charge in [-0.3, -0.25) is 4.79 Å². The summed E-state index contributed by atoms with van der Waals surface area (Å²) in [6, 6.07) is 13.3. The lowest BCUT2D eigenvalue weighted by Gasteiger charge is -2.30. The second kappa shape index (κ2) is 7.79. The van der Waals surface area contributed by atoms with Crippen molar-refractivity contribution in [3.05, 3.63) is 54.3 Å². The molecule has 5 nitrogen and oxygen atoms in total. The molecule has 2 aromatic carbocycles. The number of benzene rings is 2. The maximum Gasteiger partial charge on any atom is 0.262 e. The summed E-state index contributed by atoms with van der Waals surface area (Å²) in [4.78, 5) is 14.3. The number of ether oxygens (including phenoxy) is 2. The number of nitrogens with one attached hydrogen (secondary N) is 1. The summed E-state index contributed by atoms with van der Waals surface area (Å²) < 4.78 is 23.8. The molecule has 126 valence electrons. The van der Waals surface area contributed by atoms with E-state index in [0.29, 0.717) is 19.0 Å². The van der Waals surface area contributed by atoms with Crippen molar-refractivity contribution in [2.24, 2.45) is 0 Å². The van der Waals surface area contributed by atoms with Crippen molar-refractivity contribution in [3.8, 4) is 5.75 Å². The summed E-state index contributed by atoms with van der Waals surface area (Å²) in [6.07, 6.45) is 0. The molecule has 0 bridgehead atoms. The Kier molecular flexibility index (Phi) is 5.28. The highest BCUT2D eigenvalue weighted by atomic mass is 19.1. The van der Waals surface area contributed by atoms with Crippen molar-refractivity contribution in [3.63, 3.8) is 0 Å². The highest BCUT2D eigenvalue weighted by Gasteiger charge is 2.15. The number of halogens is 1. The van der Waals surface area contributed by atoms with E-state index in [4.69, 9.17) is 9.47 Å². The lowest BCUT2D eigenvalue weighted by atomic mass is 10.2. The number of morpholine rings is 1. The monoisotopic (exact) mass is 330 g/mol. The fourth-order valence-electron chi connectivity index (χ4n) is 2.55. The first-order valence-electron chi connectivity index (χ1n) is 7.82. The zero-order chi connectivity index (χ0) is 16.8. The van der Waals surface area contributed by atoms with E-state index in [9.17, 15) is 9.18 Å². The molecule has 2 aromatic rings. The van der Waals surface area contributed by atoms with Gasteiger partial charge >= 0.3 is 0 Å². The highest BCUT2D eigenvalue weighted by Crippen LogP contribution is 2.26. The molecule has 1 aliphatic rings. The van der Waals surface area contributed by atoms with Crippen molar-refractivity contribution in [2.75, 3.05) is 43.1 Å². The quantitative estimate of drug-likeness (QED) is 0.916. The molecule has 6 heteroatoms. The molecule has 0 spiro atoms. The van der Waals surface area contributed by atoms with E-state index >= 15 is 0 Å². The minimum absolute atomic E-state index is 0.180. The van der Waals surface area contributed by atoms with Gasteiger partial charge in [-0.2, -0.15) is 0 Å². The van der Waals surface area contributed by atoms with E-state index < -0.39 is 5.82 Å². The van der Waals surface area contributed by atoms with Gasteiger partial charge in [0.05, 0.1) is 24.6 Å². The second-order valence-electron chi connectivity index (χ2n) is 5.41. The van der Waals surface area contributed by atoms with Crippen LogP contribution in [0.15, 0.2) is 48.5 Å². The Bertz CT molecular complexity index is 702. The summed E-state index contributed by atoms with van der Waals surface area (Å²) in [6.45, 7) is 2.73. The average Bonchev–Trinajstić information content (AvgIpc) is 2.61. The van der Waals surface area contributed by atoms with Gasteiger partial charge < -0.3 is 19.7 Å². The van der Waals surface area contributed by atoms with Crippen molar-refractivity contribution in [2.45, 2.75) is 0 Å². The predicted octanol–water partition coefficient (Wildman–Crippen LogP) is 2.68. The number of amides is 1. The molecule has 0 radical (unpaired) electrons. The third-order valence-electron chi connectivity index (χ3n) is 3.70. The van der Waals surface area contributed by atoms with Crippen LogP contribution in [0.1, 0.15) is 0 Å². The van der Waals surface area contributed by atoms with E-state index in [1.807, 2.05) is 24.3 Å². The number of anilines is 2. The van der Waals surface area contributed by atoms with Gasteiger partial charge in [0.25, 0.3) is 5.91 Å². The Morgan fingerprint density at radius 3 is 2.75 bits per heavy atom. The molecular weight excluding hydrogens is 311 g/mol. The number of hydrogen-bond acceptors (Lipinski definition) is 4. The third-order valence-corrected chi connectivity index (χ3v) is 3.70. The number of para-hydroxylation sites is 2. The number of hydrogen-bond donors (Lipinski definition) is 1. The van der Waals surface area contributed by atoms with Gasteiger partial charge in [-0.15, -0.1) is 0 Å². The molecule has 1 N–H and O–H groups in total. The second-order valence-corrected chi connectivity index (χ2v) is 5.41. The van der Waals surface area contributed by atoms with Crippen LogP contribution in [0.5, 0.6) is 5.75 Å². The number of carbonyl (C=O) groups is 1. The van der Waals surface area contributed by atoms with E-state index in [-0.39, 0.29) is 12.5 Å². The molecule has 0 unspecified atom stereocenters. The SMILES string of the molecule is O=C(COc1cccc(F)c1)Nc1ccccc1N1CCOCC1. The van der Waals surface area contributed by atoms with Gasteiger partial charge in [0.15, 0.2) is 6.61 Å². The van der Waals surface area contributed by atoms with Crippen LogP contribution in [0.4, 0.5) is 15.8 Å². The van der Waals surface area contributed by atoms with E-state index in [0.717, 1.165) is 24.5 Å². The Morgan fingerprint density at radius 2 is 1.96 bits per heavy atom. The summed E-state index contributed by atoms with van der Waals surface area (Å²) in [5.74, 6) is -0.364. The average molecular weight is 330 g/mol. The summed E-state index contributed by atoms with van der Waals surface area (Å²) in [5.41, 5.74) is 1.69. The highest BCUT2D eigenvalue weighted by molar-refractivity contribution is 5.95. The summed E-state index contributed by atoms with van der Waals surface area (Å²) >= 11 is 0. The number of nitrogens with zero attached hydrogens (tertiary/aromatic N) is 1. The minimum atomic E-state index is -0.398. The first-order chi connectivity index (χ1) is 11.7. The van der Waals surface area contributed by atoms with Crippen LogP contribution in [-0.2, 0) is 9.53 Å². The lowest BCUT2D eigenvalue weighted by molar-refractivity contribution is -0.118. The van der Waals surface area contributed by atoms with Gasteiger partial charge in [0.1, 0.15) is 11.6 Å². The number of carbonyl (C=O) groups excluding carboxylic acids is 1. The van der Waals surface area contributed by atoms with Crippen molar-refractivity contribution in [1.29, 1.82) is 0 Å². The molecule has 3 rings (SSSR count). The van der Waals surface area contributed by atoms with Crippen LogP contribution in [0.2, 0.25) is 0 Å². The Morgan fingerprint density at radius 1 is 1.17 bits per heavy atom. The van der Waals surface area contributed by atoms with Gasteiger partial charge in [0, 0.05) is 19.2 Å². The van der Waals surface area contributed by atoms with Gasteiger partial charge in [0.2, 0.25) is 0 Å². The van der Waals surface area contributed by atoms with Crippen molar-refractivity contribution in [1.82, 2.24) is 0 Å². The lowest BCUT2D eigenvalue weighted by Crippen LogP contribution is -2.36. The molecular formula is C18H19FN2O3. The normalized spacial score (nSPS) is 14.3. The molecule has 0 saturated carbocycles. The molecule has 0 aliphatic carbocycles. The molecule has 1 aliphatic heterocycles. The topological polar surface area (TPSA) is 50.8 Å². The maximum absolute atomic E-state index is 13.1. The van der Waals surface area contributed by atoms with Crippen LogP contribution < -0.4 is 15.0 Å².